The van der Waals surface area contributed by atoms with Gasteiger partial charge in [-0.2, -0.15) is 13.2 Å². The number of rotatable bonds is 3. The first-order chi connectivity index (χ1) is 9.80. The van der Waals surface area contributed by atoms with Gasteiger partial charge in [-0.1, -0.05) is 17.7 Å². The SMILES string of the molecule is FC(F)[C@H](c1ccc(Cl)c(C(F)(F)F)c1)N1CCNCC1. The Morgan fingerprint density at radius 2 is 1.76 bits per heavy atom. The quantitative estimate of drug-likeness (QED) is 0.853. The molecule has 0 amide bonds. The zero-order chi connectivity index (χ0) is 15.6. The molecule has 0 spiro atoms. The van der Waals surface area contributed by atoms with E-state index in [9.17, 15) is 22.0 Å². The Hall–Kier alpha value is -0.920. The first-order valence-electron chi connectivity index (χ1n) is 6.40. The van der Waals surface area contributed by atoms with Crippen LogP contribution in [0.5, 0.6) is 0 Å². The van der Waals surface area contributed by atoms with Crippen LogP contribution in [0, 0.1) is 0 Å². The summed E-state index contributed by atoms with van der Waals surface area (Å²) in [6.07, 6.45) is -7.44. The summed E-state index contributed by atoms with van der Waals surface area (Å²) in [4.78, 5) is 1.49. The molecule has 21 heavy (non-hydrogen) atoms. The molecule has 1 heterocycles. The van der Waals surface area contributed by atoms with Crippen LogP contribution in [-0.2, 0) is 6.18 Å². The third-order valence-corrected chi connectivity index (χ3v) is 3.75. The van der Waals surface area contributed by atoms with Crippen molar-refractivity contribution < 1.29 is 22.0 Å². The average molecular weight is 329 g/mol. The number of piperazine rings is 1. The van der Waals surface area contributed by atoms with Gasteiger partial charge in [0, 0.05) is 26.2 Å². The van der Waals surface area contributed by atoms with E-state index in [1.165, 1.54) is 11.0 Å². The van der Waals surface area contributed by atoms with Gasteiger partial charge in [0.15, 0.2) is 0 Å². The number of hydrogen-bond donors (Lipinski definition) is 1. The van der Waals surface area contributed by atoms with Gasteiger partial charge < -0.3 is 5.32 Å². The van der Waals surface area contributed by atoms with Gasteiger partial charge in [0.2, 0.25) is 0 Å². The Morgan fingerprint density at radius 3 is 2.29 bits per heavy atom. The maximum Gasteiger partial charge on any atom is 0.417 e. The van der Waals surface area contributed by atoms with Crippen LogP contribution in [0.15, 0.2) is 18.2 Å². The molecule has 0 aromatic heterocycles. The highest BCUT2D eigenvalue weighted by atomic mass is 35.5. The Bertz CT molecular complexity index is 486. The molecule has 1 saturated heterocycles. The summed E-state index contributed by atoms with van der Waals surface area (Å²) in [5.41, 5.74) is -1.15. The van der Waals surface area contributed by atoms with Crippen molar-refractivity contribution >= 4 is 11.6 Å². The summed E-state index contributed by atoms with van der Waals surface area (Å²) in [7, 11) is 0. The molecule has 0 bridgehead atoms. The highest BCUT2D eigenvalue weighted by Gasteiger charge is 2.36. The molecule has 2 rings (SSSR count). The van der Waals surface area contributed by atoms with Crippen molar-refractivity contribution in [3.63, 3.8) is 0 Å². The van der Waals surface area contributed by atoms with Gasteiger partial charge in [0.05, 0.1) is 16.6 Å². The molecular weight excluding hydrogens is 315 g/mol. The van der Waals surface area contributed by atoms with Crippen LogP contribution < -0.4 is 5.32 Å². The Labute approximate surface area is 123 Å². The third kappa shape index (κ3) is 3.84. The van der Waals surface area contributed by atoms with Gasteiger partial charge >= 0.3 is 6.18 Å². The van der Waals surface area contributed by atoms with Crippen molar-refractivity contribution in [1.29, 1.82) is 0 Å². The van der Waals surface area contributed by atoms with Crippen LogP contribution >= 0.6 is 11.6 Å². The highest BCUT2D eigenvalue weighted by Crippen LogP contribution is 2.38. The van der Waals surface area contributed by atoms with Crippen molar-refractivity contribution in [3.8, 4) is 0 Å². The van der Waals surface area contributed by atoms with E-state index in [-0.39, 0.29) is 5.56 Å². The van der Waals surface area contributed by atoms with Crippen molar-refractivity contribution in [1.82, 2.24) is 10.2 Å². The van der Waals surface area contributed by atoms with Gasteiger partial charge in [0.25, 0.3) is 6.43 Å². The second-order valence-corrected chi connectivity index (χ2v) is 5.21. The predicted octanol–water partition coefficient (Wildman–Crippen LogP) is 3.57. The Kier molecular flexibility index (Phi) is 5.06. The Morgan fingerprint density at radius 1 is 1.14 bits per heavy atom. The van der Waals surface area contributed by atoms with E-state index in [0.29, 0.717) is 26.2 Å². The van der Waals surface area contributed by atoms with E-state index in [4.69, 9.17) is 11.6 Å². The van der Waals surface area contributed by atoms with Crippen LogP contribution in [0.4, 0.5) is 22.0 Å². The van der Waals surface area contributed by atoms with E-state index in [0.717, 1.165) is 12.1 Å². The third-order valence-electron chi connectivity index (χ3n) is 3.42. The molecule has 0 aliphatic carbocycles. The largest absolute Gasteiger partial charge is 0.417 e. The minimum atomic E-state index is -4.66. The zero-order valence-electron chi connectivity index (χ0n) is 10.9. The normalized spacial score (nSPS) is 19.0. The molecule has 1 N–H and O–H groups in total. The maximum atomic E-state index is 13.3. The molecule has 2 nitrogen and oxygen atoms in total. The van der Waals surface area contributed by atoms with Gasteiger partial charge in [0.1, 0.15) is 0 Å². The molecule has 1 aliphatic rings. The van der Waals surface area contributed by atoms with E-state index < -0.39 is 29.2 Å². The van der Waals surface area contributed by atoms with Gasteiger partial charge in [-0.05, 0) is 17.7 Å². The Balaban J connectivity index is 2.36. The lowest BCUT2D eigenvalue weighted by molar-refractivity contribution is -0.137. The monoisotopic (exact) mass is 328 g/mol. The molecule has 0 radical (unpaired) electrons. The lowest BCUT2D eigenvalue weighted by Gasteiger charge is -2.35. The maximum absolute atomic E-state index is 13.3. The fourth-order valence-corrected chi connectivity index (χ4v) is 2.64. The number of hydrogen-bond acceptors (Lipinski definition) is 2. The number of nitrogens with one attached hydrogen (secondary N) is 1. The van der Waals surface area contributed by atoms with Crippen LogP contribution in [0.25, 0.3) is 0 Å². The molecule has 118 valence electrons. The summed E-state index contributed by atoms with van der Waals surface area (Å²) in [5, 5.41) is 2.53. The van der Waals surface area contributed by atoms with Crippen LogP contribution in [0.3, 0.4) is 0 Å². The predicted molar refractivity (Wildman–Crippen MR) is 69.6 cm³/mol. The van der Waals surface area contributed by atoms with Gasteiger partial charge in [-0.3, -0.25) is 4.90 Å². The molecule has 1 aliphatic heterocycles. The fraction of sp³-hybridized carbons (Fsp3) is 0.538. The zero-order valence-corrected chi connectivity index (χ0v) is 11.7. The molecule has 1 fully saturated rings. The second kappa shape index (κ2) is 6.46. The number of alkyl halides is 5. The first kappa shape index (κ1) is 16.5. The standard InChI is InChI=1S/C13H14ClF5N2/c14-10-2-1-8(7-9(10)13(17,18)19)11(12(15)16)21-5-3-20-4-6-21/h1-2,7,11-12,20H,3-6H2/t11-/m0/s1. The molecule has 1 aromatic carbocycles. The van der Waals surface area contributed by atoms with Crippen LogP contribution in [0.2, 0.25) is 5.02 Å². The van der Waals surface area contributed by atoms with E-state index in [1.54, 1.807) is 0 Å². The van der Waals surface area contributed by atoms with Gasteiger partial charge in [-0.15, -0.1) is 0 Å². The minimum Gasteiger partial charge on any atom is -0.314 e. The lowest BCUT2D eigenvalue weighted by atomic mass is 10.0. The van der Waals surface area contributed by atoms with Crippen molar-refractivity contribution in [2.24, 2.45) is 0 Å². The van der Waals surface area contributed by atoms with Crippen LogP contribution in [0.1, 0.15) is 17.2 Å². The highest BCUT2D eigenvalue weighted by molar-refractivity contribution is 6.31. The van der Waals surface area contributed by atoms with Crippen molar-refractivity contribution in [3.05, 3.63) is 34.3 Å². The summed E-state index contributed by atoms with van der Waals surface area (Å²) in [6.45, 7) is 1.78. The number of benzene rings is 1. The summed E-state index contributed by atoms with van der Waals surface area (Å²) in [6, 6.07) is 1.63. The smallest absolute Gasteiger partial charge is 0.314 e. The molecule has 1 aromatic rings. The van der Waals surface area contributed by atoms with E-state index >= 15 is 0 Å². The van der Waals surface area contributed by atoms with E-state index in [1.807, 2.05) is 0 Å². The topological polar surface area (TPSA) is 15.3 Å². The molecule has 0 saturated carbocycles. The van der Waals surface area contributed by atoms with Crippen molar-refractivity contribution in [2.75, 3.05) is 26.2 Å². The molecule has 0 unspecified atom stereocenters. The first-order valence-corrected chi connectivity index (χ1v) is 6.78. The number of halogens is 6. The minimum absolute atomic E-state index is 0.0661. The summed E-state index contributed by atoms with van der Waals surface area (Å²) < 4.78 is 65.2. The van der Waals surface area contributed by atoms with E-state index in [2.05, 4.69) is 5.32 Å². The fourth-order valence-electron chi connectivity index (χ4n) is 2.42. The van der Waals surface area contributed by atoms with Crippen LogP contribution in [-0.4, -0.2) is 37.5 Å². The summed E-state index contributed by atoms with van der Waals surface area (Å²) in [5.74, 6) is 0. The van der Waals surface area contributed by atoms with Gasteiger partial charge in [-0.25, -0.2) is 8.78 Å². The molecule has 1 atom stereocenters. The molecular formula is C13H14ClF5N2. The van der Waals surface area contributed by atoms with Crippen molar-refractivity contribution in [2.45, 2.75) is 18.6 Å². The number of nitrogens with zero attached hydrogens (tertiary/aromatic N) is 1. The second-order valence-electron chi connectivity index (χ2n) is 4.80. The molecule has 8 heteroatoms. The lowest BCUT2D eigenvalue weighted by Crippen LogP contribution is -2.46. The summed E-state index contributed by atoms with van der Waals surface area (Å²) >= 11 is 5.52. The average Bonchev–Trinajstić information content (AvgIpc) is 2.40.